The summed E-state index contributed by atoms with van der Waals surface area (Å²) in [6.45, 7) is 10.2. The third-order valence-electron chi connectivity index (χ3n) is 3.60. The van der Waals surface area contributed by atoms with Gasteiger partial charge < -0.3 is 14.8 Å². The molecule has 114 valence electrons. The van der Waals surface area contributed by atoms with Crippen molar-refractivity contribution in [2.75, 3.05) is 13.7 Å². The molecule has 2 atom stereocenters. The van der Waals surface area contributed by atoms with Crippen molar-refractivity contribution in [3.8, 4) is 5.75 Å². The van der Waals surface area contributed by atoms with Gasteiger partial charge in [0.2, 0.25) is 0 Å². The Balaban J connectivity index is 2.79. The molecule has 0 saturated heterocycles. The third kappa shape index (κ3) is 5.14. The molecule has 0 aliphatic rings. The van der Waals surface area contributed by atoms with Gasteiger partial charge in [0.1, 0.15) is 5.75 Å². The summed E-state index contributed by atoms with van der Waals surface area (Å²) in [5.74, 6) is 0.903. The molecule has 0 fully saturated rings. The van der Waals surface area contributed by atoms with Crippen LogP contribution in [0.3, 0.4) is 0 Å². The van der Waals surface area contributed by atoms with E-state index in [0.29, 0.717) is 12.6 Å². The molecule has 1 aromatic rings. The Bertz CT molecular complexity index is 393. The number of benzene rings is 1. The minimum absolute atomic E-state index is 0.277. The second kappa shape index (κ2) is 8.98. The van der Waals surface area contributed by atoms with Gasteiger partial charge in [-0.2, -0.15) is 0 Å². The molecule has 0 heterocycles. The highest BCUT2D eigenvalue weighted by molar-refractivity contribution is 5.38. The van der Waals surface area contributed by atoms with Crippen molar-refractivity contribution < 1.29 is 9.47 Å². The van der Waals surface area contributed by atoms with E-state index >= 15 is 0 Å². The maximum absolute atomic E-state index is 5.84. The van der Waals surface area contributed by atoms with Crippen LogP contribution in [0, 0.1) is 0 Å². The zero-order chi connectivity index (χ0) is 15.0. The van der Waals surface area contributed by atoms with E-state index in [0.717, 1.165) is 30.7 Å². The Hall–Kier alpha value is -1.06. The fourth-order valence-electron chi connectivity index (χ4n) is 2.01. The van der Waals surface area contributed by atoms with Gasteiger partial charge in [-0.25, -0.2) is 0 Å². The summed E-state index contributed by atoms with van der Waals surface area (Å²) >= 11 is 0. The topological polar surface area (TPSA) is 30.5 Å². The normalized spacial score (nSPS) is 14.1. The van der Waals surface area contributed by atoms with E-state index in [4.69, 9.17) is 9.47 Å². The van der Waals surface area contributed by atoms with Crippen molar-refractivity contribution in [1.82, 2.24) is 5.32 Å². The Morgan fingerprint density at radius 1 is 1.20 bits per heavy atom. The van der Waals surface area contributed by atoms with E-state index in [1.54, 1.807) is 7.11 Å². The molecule has 0 aromatic heterocycles. The summed E-state index contributed by atoms with van der Waals surface area (Å²) in [5.41, 5.74) is 2.40. The van der Waals surface area contributed by atoms with Crippen LogP contribution in [0.25, 0.3) is 0 Å². The first kappa shape index (κ1) is 17.0. The first-order valence-electron chi connectivity index (χ1n) is 7.64. The van der Waals surface area contributed by atoms with Gasteiger partial charge in [0.05, 0.1) is 19.8 Å². The number of ether oxygens (including phenoxy) is 2. The first-order chi connectivity index (χ1) is 9.62. The van der Waals surface area contributed by atoms with Gasteiger partial charge in [0, 0.05) is 11.6 Å². The van der Waals surface area contributed by atoms with Crippen LogP contribution in [0.1, 0.15) is 57.7 Å². The average Bonchev–Trinajstić information content (AvgIpc) is 2.49. The highest BCUT2D eigenvalue weighted by Crippen LogP contribution is 2.24. The fraction of sp³-hybridized carbons (Fsp3) is 0.647. The first-order valence-corrected chi connectivity index (χ1v) is 7.64. The summed E-state index contributed by atoms with van der Waals surface area (Å²) in [4.78, 5) is 0. The monoisotopic (exact) mass is 279 g/mol. The van der Waals surface area contributed by atoms with Gasteiger partial charge in [0.15, 0.2) is 0 Å². The molecule has 0 aliphatic heterocycles. The fourth-order valence-corrected chi connectivity index (χ4v) is 2.01. The van der Waals surface area contributed by atoms with Crippen molar-refractivity contribution in [2.24, 2.45) is 0 Å². The number of rotatable bonds is 9. The molecule has 0 radical (unpaired) electrons. The Morgan fingerprint density at radius 3 is 2.55 bits per heavy atom. The number of hydrogen-bond acceptors (Lipinski definition) is 3. The van der Waals surface area contributed by atoms with Crippen molar-refractivity contribution in [2.45, 2.75) is 59.3 Å². The lowest BCUT2D eigenvalue weighted by Gasteiger charge is -2.18. The molecular weight excluding hydrogens is 250 g/mol. The minimum Gasteiger partial charge on any atom is -0.496 e. The molecule has 0 saturated carbocycles. The minimum atomic E-state index is 0.277. The van der Waals surface area contributed by atoms with E-state index in [1.165, 1.54) is 5.56 Å². The van der Waals surface area contributed by atoms with Gasteiger partial charge in [-0.15, -0.1) is 0 Å². The van der Waals surface area contributed by atoms with Crippen molar-refractivity contribution >= 4 is 0 Å². The predicted octanol–water partition coefficient (Wildman–Crippen LogP) is 4.07. The number of nitrogens with one attached hydrogen (secondary N) is 1. The van der Waals surface area contributed by atoms with E-state index < -0.39 is 0 Å². The van der Waals surface area contributed by atoms with Crippen LogP contribution in [-0.2, 0) is 11.3 Å². The quantitative estimate of drug-likeness (QED) is 0.739. The van der Waals surface area contributed by atoms with Crippen LogP contribution in [-0.4, -0.2) is 19.8 Å². The summed E-state index contributed by atoms with van der Waals surface area (Å²) in [6, 6.07) is 6.70. The van der Waals surface area contributed by atoms with Crippen molar-refractivity contribution in [1.29, 1.82) is 0 Å². The highest BCUT2D eigenvalue weighted by atomic mass is 16.5. The molecule has 1 rings (SSSR count). The van der Waals surface area contributed by atoms with Crippen LogP contribution in [0.15, 0.2) is 18.2 Å². The second-order valence-electron chi connectivity index (χ2n) is 5.28. The largest absolute Gasteiger partial charge is 0.496 e. The second-order valence-corrected chi connectivity index (χ2v) is 5.28. The molecule has 2 unspecified atom stereocenters. The summed E-state index contributed by atoms with van der Waals surface area (Å²) in [6.07, 6.45) is 2.44. The standard InChI is InChI=1S/C17H29NO2/c1-6-10-18-14(4)15-8-9-17(19-5)16(11-15)12-20-13(3)7-2/h8-9,11,13-14,18H,6-7,10,12H2,1-5H3. The molecule has 1 aromatic carbocycles. The van der Waals surface area contributed by atoms with E-state index in [2.05, 4.69) is 45.1 Å². The molecule has 0 amide bonds. The maximum Gasteiger partial charge on any atom is 0.124 e. The Labute approximate surface area is 123 Å². The highest BCUT2D eigenvalue weighted by Gasteiger charge is 2.10. The van der Waals surface area contributed by atoms with Crippen LogP contribution in [0.5, 0.6) is 5.75 Å². The number of hydrogen-bond donors (Lipinski definition) is 1. The molecule has 1 N–H and O–H groups in total. The molecular formula is C17H29NO2. The molecule has 0 spiro atoms. The summed E-state index contributed by atoms with van der Waals surface area (Å²) < 4.78 is 11.3. The van der Waals surface area contributed by atoms with Gasteiger partial charge >= 0.3 is 0 Å². The van der Waals surface area contributed by atoms with Crippen LogP contribution < -0.4 is 10.1 Å². The van der Waals surface area contributed by atoms with Gasteiger partial charge in [-0.3, -0.25) is 0 Å². The molecule has 0 bridgehead atoms. The van der Waals surface area contributed by atoms with E-state index in [9.17, 15) is 0 Å². The zero-order valence-corrected chi connectivity index (χ0v) is 13.5. The van der Waals surface area contributed by atoms with Crippen molar-refractivity contribution in [3.63, 3.8) is 0 Å². The molecule has 20 heavy (non-hydrogen) atoms. The third-order valence-corrected chi connectivity index (χ3v) is 3.60. The van der Waals surface area contributed by atoms with E-state index in [1.807, 2.05) is 6.07 Å². The molecule has 3 heteroatoms. The predicted molar refractivity (Wildman–Crippen MR) is 84.2 cm³/mol. The summed E-state index contributed by atoms with van der Waals surface area (Å²) in [7, 11) is 1.71. The van der Waals surface area contributed by atoms with Crippen LogP contribution in [0.2, 0.25) is 0 Å². The van der Waals surface area contributed by atoms with Gasteiger partial charge in [0.25, 0.3) is 0 Å². The lowest BCUT2D eigenvalue weighted by Crippen LogP contribution is -2.19. The Morgan fingerprint density at radius 2 is 1.95 bits per heavy atom. The molecule has 0 aliphatic carbocycles. The van der Waals surface area contributed by atoms with Crippen LogP contribution >= 0.6 is 0 Å². The van der Waals surface area contributed by atoms with Gasteiger partial charge in [-0.05, 0) is 50.9 Å². The lowest BCUT2D eigenvalue weighted by molar-refractivity contribution is 0.0497. The number of methoxy groups -OCH3 is 1. The maximum atomic E-state index is 5.84. The smallest absolute Gasteiger partial charge is 0.124 e. The lowest BCUT2D eigenvalue weighted by atomic mass is 10.0. The van der Waals surface area contributed by atoms with Crippen molar-refractivity contribution in [3.05, 3.63) is 29.3 Å². The SMILES string of the molecule is CCCNC(C)c1ccc(OC)c(COC(C)CC)c1. The van der Waals surface area contributed by atoms with Crippen LogP contribution in [0.4, 0.5) is 0 Å². The molecule has 3 nitrogen and oxygen atoms in total. The van der Waals surface area contributed by atoms with Gasteiger partial charge in [-0.1, -0.05) is 19.9 Å². The van der Waals surface area contributed by atoms with E-state index in [-0.39, 0.29) is 6.10 Å². The zero-order valence-electron chi connectivity index (χ0n) is 13.5. The average molecular weight is 279 g/mol. The summed E-state index contributed by atoms with van der Waals surface area (Å²) in [5, 5.41) is 3.51. The Kier molecular flexibility index (Phi) is 7.63.